The Morgan fingerprint density at radius 1 is 0.947 bits per heavy atom. The number of aliphatic carboxylic acids is 1. The second kappa shape index (κ2) is 10.3. The van der Waals surface area contributed by atoms with Crippen molar-refractivity contribution in [3.63, 3.8) is 0 Å². The number of carbonyl (C=O) groups is 1. The maximum atomic E-state index is 12.7. The van der Waals surface area contributed by atoms with Crippen LogP contribution in [0.15, 0.2) is 48.5 Å². The van der Waals surface area contributed by atoms with Crippen LogP contribution in [0.2, 0.25) is 0 Å². The molecule has 38 heavy (non-hydrogen) atoms. The van der Waals surface area contributed by atoms with Gasteiger partial charge in [-0.1, -0.05) is 54.1 Å². The van der Waals surface area contributed by atoms with Gasteiger partial charge in [-0.05, 0) is 112 Å². The van der Waals surface area contributed by atoms with Crippen LogP contribution in [0.25, 0.3) is 11.1 Å². The number of carboxylic acids is 1. The zero-order valence-corrected chi connectivity index (χ0v) is 23.7. The predicted molar refractivity (Wildman–Crippen MR) is 154 cm³/mol. The average Bonchev–Trinajstić information content (AvgIpc) is 2.89. The van der Waals surface area contributed by atoms with Crippen molar-refractivity contribution in [1.29, 1.82) is 0 Å². The Balaban J connectivity index is 1.60. The maximum absolute atomic E-state index is 12.7. The fraction of sp³-hybridized carbons (Fsp3) is 0.441. The lowest BCUT2D eigenvalue weighted by Crippen LogP contribution is -2.43. The largest absolute Gasteiger partial charge is 0.479 e. The molecule has 0 amide bonds. The Bertz CT molecular complexity index is 1350. The summed E-state index contributed by atoms with van der Waals surface area (Å²) in [6, 6.07) is 17.9. The first-order chi connectivity index (χ1) is 18.0. The number of benzene rings is 3. The molecule has 1 N–H and O–H groups in total. The minimum absolute atomic E-state index is 0.538. The molecule has 0 saturated heterocycles. The van der Waals surface area contributed by atoms with E-state index in [1.165, 1.54) is 39.8 Å². The van der Waals surface area contributed by atoms with Crippen LogP contribution in [0.3, 0.4) is 0 Å². The van der Waals surface area contributed by atoms with E-state index in [-0.39, 0.29) is 0 Å². The van der Waals surface area contributed by atoms with Gasteiger partial charge in [0.05, 0.1) is 5.60 Å². The maximum Gasteiger partial charge on any atom is 0.337 e. The van der Waals surface area contributed by atoms with Gasteiger partial charge in [0.1, 0.15) is 0 Å². The van der Waals surface area contributed by atoms with Gasteiger partial charge < -0.3 is 9.84 Å². The summed E-state index contributed by atoms with van der Waals surface area (Å²) in [5.74, 6) is -0.936. The third-order valence-corrected chi connectivity index (χ3v) is 8.46. The Labute approximate surface area is 227 Å². The van der Waals surface area contributed by atoms with Crippen LogP contribution in [0.1, 0.15) is 77.8 Å². The molecular weight excluding hydrogens is 470 g/mol. The zero-order chi connectivity index (χ0) is 27.2. The minimum atomic E-state index is -1.02. The zero-order valence-electron chi connectivity index (χ0n) is 23.7. The Morgan fingerprint density at radius 3 is 2.29 bits per heavy atom. The lowest BCUT2D eigenvalue weighted by Gasteiger charge is -2.40. The van der Waals surface area contributed by atoms with E-state index in [0.29, 0.717) is 6.04 Å². The van der Waals surface area contributed by atoms with Crippen LogP contribution in [-0.2, 0) is 35.3 Å². The van der Waals surface area contributed by atoms with E-state index < -0.39 is 17.7 Å². The van der Waals surface area contributed by atoms with Crippen LogP contribution in [0.4, 0.5) is 0 Å². The molecule has 0 radical (unpaired) electrons. The molecule has 2 aliphatic rings. The molecule has 1 heterocycles. The van der Waals surface area contributed by atoms with Crippen molar-refractivity contribution in [2.75, 3.05) is 6.54 Å². The predicted octanol–water partition coefficient (Wildman–Crippen LogP) is 7.14. The van der Waals surface area contributed by atoms with Crippen molar-refractivity contribution in [3.8, 4) is 11.1 Å². The van der Waals surface area contributed by atoms with E-state index >= 15 is 0 Å². The molecule has 5 rings (SSSR count). The van der Waals surface area contributed by atoms with Crippen molar-refractivity contribution in [2.24, 2.45) is 0 Å². The van der Waals surface area contributed by atoms with Crippen LogP contribution in [0, 0.1) is 20.8 Å². The van der Waals surface area contributed by atoms with Gasteiger partial charge in [-0.2, -0.15) is 0 Å². The van der Waals surface area contributed by atoms with Crippen LogP contribution >= 0.6 is 0 Å². The van der Waals surface area contributed by atoms with E-state index in [1.807, 2.05) is 20.8 Å². The normalized spacial score (nSPS) is 18.5. The van der Waals surface area contributed by atoms with E-state index in [1.54, 1.807) is 0 Å². The summed E-state index contributed by atoms with van der Waals surface area (Å²) in [4.78, 5) is 15.3. The molecule has 1 aliphatic carbocycles. The number of rotatable bonds is 5. The molecule has 200 valence electrons. The number of hydrogen-bond acceptors (Lipinski definition) is 3. The smallest absolute Gasteiger partial charge is 0.337 e. The first-order valence-electron chi connectivity index (χ1n) is 14.0. The number of hydrogen-bond donors (Lipinski definition) is 1. The number of aryl methyl sites for hydroxylation is 2. The van der Waals surface area contributed by atoms with Crippen LogP contribution in [0.5, 0.6) is 0 Å². The molecule has 2 atom stereocenters. The summed E-state index contributed by atoms with van der Waals surface area (Å²) in [6.45, 7) is 14.1. The molecular formula is C34H41NO3. The summed E-state index contributed by atoms with van der Waals surface area (Å²) in [5.41, 5.74) is 11.4. The SMILES string of the molecule is Cc1ccc(-c2c(C)c3c(c(C)c2C(OC(C)(C)C)C(=O)O)CCN(C2CCc4ccccc4C2)C3)cc1. The third-order valence-electron chi connectivity index (χ3n) is 8.46. The molecule has 1 aliphatic heterocycles. The highest BCUT2D eigenvalue weighted by Crippen LogP contribution is 2.43. The Kier molecular flexibility index (Phi) is 7.23. The molecule has 4 nitrogen and oxygen atoms in total. The van der Waals surface area contributed by atoms with Gasteiger partial charge in [-0.3, -0.25) is 4.90 Å². The second-order valence-electron chi connectivity index (χ2n) is 12.2. The summed E-state index contributed by atoms with van der Waals surface area (Å²) in [5, 5.41) is 10.4. The van der Waals surface area contributed by atoms with Crippen LogP contribution < -0.4 is 0 Å². The van der Waals surface area contributed by atoms with Gasteiger partial charge in [0.25, 0.3) is 0 Å². The molecule has 0 aromatic heterocycles. The van der Waals surface area contributed by atoms with Gasteiger partial charge in [0.15, 0.2) is 6.10 Å². The third kappa shape index (κ3) is 5.17. The minimum Gasteiger partial charge on any atom is -0.479 e. The summed E-state index contributed by atoms with van der Waals surface area (Å²) in [6.07, 6.45) is 3.34. The molecule has 3 aromatic carbocycles. The summed E-state index contributed by atoms with van der Waals surface area (Å²) >= 11 is 0. The Hall–Kier alpha value is -2.95. The molecule has 2 unspecified atom stereocenters. The highest BCUT2D eigenvalue weighted by Gasteiger charge is 2.36. The van der Waals surface area contributed by atoms with E-state index in [9.17, 15) is 9.90 Å². The molecule has 0 saturated carbocycles. The van der Waals surface area contributed by atoms with Gasteiger partial charge in [-0.15, -0.1) is 0 Å². The molecule has 3 aromatic rings. The van der Waals surface area contributed by atoms with Crippen molar-refractivity contribution in [2.45, 2.75) is 91.5 Å². The van der Waals surface area contributed by atoms with E-state index in [0.717, 1.165) is 54.6 Å². The van der Waals surface area contributed by atoms with Gasteiger partial charge >= 0.3 is 5.97 Å². The first kappa shape index (κ1) is 26.6. The summed E-state index contributed by atoms with van der Waals surface area (Å²) < 4.78 is 6.24. The first-order valence-corrected chi connectivity index (χ1v) is 14.0. The molecule has 4 heteroatoms. The van der Waals surface area contributed by atoms with Gasteiger partial charge in [0.2, 0.25) is 0 Å². The standard InChI is InChI=1S/C34H41NO3/c1-21-11-13-25(14-12-21)30-23(3)29-20-35(27-16-15-24-9-7-8-10-26(24)19-27)18-17-28(29)22(2)31(30)32(33(36)37)38-34(4,5)6/h7-14,27,32H,15-20H2,1-6H3,(H,36,37). The quantitative estimate of drug-likeness (QED) is 0.396. The van der Waals surface area contributed by atoms with E-state index in [2.05, 4.69) is 74.2 Å². The number of nitrogens with zero attached hydrogens (tertiary/aromatic N) is 1. The summed E-state index contributed by atoms with van der Waals surface area (Å²) in [7, 11) is 0. The fourth-order valence-corrected chi connectivity index (χ4v) is 6.55. The molecule has 0 bridgehead atoms. The highest BCUT2D eigenvalue weighted by atomic mass is 16.5. The molecule has 0 spiro atoms. The van der Waals surface area contributed by atoms with Gasteiger partial charge in [0, 0.05) is 24.7 Å². The van der Waals surface area contributed by atoms with Crippen molar-refractivity contribution >= 4 is 5.97 Å². The average molecular weight is 512 g/mol. The van der Waals surface area contributed by atoms with E-state index in [4.69, 9.17) is 4.74 Å². The van der Waals surface area contributed by atoms with Gasteiger partial charge in [-0.25, -0.2) is 4.79 Å². The topological polar surface area (TPSA) is 49.8 Å². The molecule has 0 fully saturated rings. The number of ether oxygens (including phenoxy) is 1. The lowest BCUT2D eigenvalue weighted by molar-refractivity contribution is -0.160. The lowest BCUT2D eigenvalue weighted by atomic mass is 9.79. The monoisotopic (exact) mass is 511 g/mol. The van der Waals surface area contributed by atoms with Crippen molar-refractivity contribution in [1.82, 2.24) is 4.90 Å². The number of carboxylic acid groups (broad SMARTS) is 1. The van der Waals surface area contributed by atoms with Crippen molar-refractivity contribution in [3.05, 3.63) is 93.0 Å². The van der Waals surface area contributed by atoms with Crippen LogP contribution in [-0.4, -0.2) is 34.2 Å². The van der Waals surface area contributed by atoms with Crippen molar-refractivity contribution < 1.29 is 14.6 Å². The highest BCUT2D eigenvalue weighted by molar-refractivity contribution is 5.84. The number of fused-ring (bicyclic) bond motifs is 2. The fourth-order valence-electron chi connectivity index (χ4n) is 6.55. The Morgan fingerprint density at radius 2 is 1.63 bits per heavy atom. The second-order valence-corrected chi connectivity index (χ2v) is 12.2.